The largest absolute Gasteiger partial charge is 0.475 e. The minimum Gasteiger partial charge on any atom is -0.475 e. The zero-order valence-electron chi connectivity index (χ0n) is 7.37. The third kappa shape index (κ3) is 1.25. The highest BCUT2D eigenvalue weighted by molar-refractivity contribution is 5.92. The molecule has 0 bridgehead atoms. The molecule has 1 heterocycles. The molecule has 0 radical (unpaired) electrons. The van der Waals surface area contributed by atoms with Crippen LogP contribution in [-0.4, -0.2) is 11.1 Å². The van der Waals surface area contributed by atoms with E-state index in [4.69, 9.17) is 9.52 Å². The van der Waals surface area contributed by atoms with Gasteiger partial charge in [0.15, 0.2) is 0 Å². The van der Waals surface area contributed by atoms with Gasteiger partial charge in [-0.25, -0.2) is 9.18 Å². The lowest BCUT2D eigenvalue weighted by molar-refractivity contribution is 0.0665. The van der Waals surface area contributed by atoms with Gasteiger partial charge >= 0.3 is 5.97 Å². The van der Waals surface area contributed by atoms with Crippen molar-refractivity contribution in [1.29, 1.82) is 0 Å². The molecular formula is C10H7FO3. The van der Waals surface area contributed by atoms with Crippen molar-refractivity contribution in [3.05, 3.63) is 35.3 Å². The molecule has 0 aliphatic rings. The Morgan fingerprint density at radius 2 is 2.14 bits per heavy atom. The van der Waals surface area contributed by atoms with Crippen LogP contribution in [-0.2, 0) is 0 Å². The van der Waals surface area contributed by atoms with E-state index in [1.54, 1.807) is 6.92 Å². The van der Waals surface area contributed by atoms with E-state index in [9.17, 15) is 9.18 Å². The van der Waals surface area contributed by atoms with Crippen LogP contribution in [0, 0.1) is 12.7 Å². The molecule has 4 heteroatoms. The van der Waals surface area contributed by atoms with E-state index in [1.807, 2.05) is 0 Å². The molecule has 0 spiro atoms. The third-order valence-corrected chi connectivity index (χ3v) is 1.98. The van der Waals surface area contributed by atoms with Crippen molar-refractivity contribution < 1.29 is 18.7 Å². The number of fused-ring (bicyclic) bond motifs is 1. The van der Waals surface area contributed by atoms with Crippen molar-refractivity contribution in [1.82, 2.24) is 0 Å². The van der Waals surface area contributed by atoms with Crippen molar-refractivity contribution in [2.75, 3.05) is 0 Å². The Morgan fingerprint density at radius 3 is 2.79 bits per heavy atom. The summed E-state index contributed by atoms with van der Waals surface area (Å²) < 4.78 is 18.0. The number of rotatable bonds is 1. The molecule has 0 aliphatic heterocycles. The normalized spacial score (nSPS) is 10.7. The maximum absolute atomic E-state index is 12.9. The maximum atomic E-state index is 12.9. The summed E-state index contributed by atoms with van der Waals surface area (Å²) in [7, 11) is 0. The first-order valence-corrected chi connectivity index (χ1v) is 4.01. The number of carboxylic acids is 1. The summed E-state index contributed by atoms with van der Waals surface area (Å²) in [6.07, 6.45) is 0. The fourth-order valence-electron chi connectivity index (χ4n) is 1.39. The minimum atomic E-state index is -1.15. The standard InChI is InChI=1S/C10H7FO3/c1-5-2-7(11)3-6-4-8(10(12)13)14-9(5)6/h2-4H,1H3,(H,12,13). The smallest absolute Gasteiger partial charge is 0.371 e. The summed E-state index contributed by atoms with van der Waals surface area (Å²) in [5.41, 5.74) is 1.01. The van der Waals surface area contributed by atoms with Gasteiger partial charge in [-0.15, -0.1) is 0 Å². The average molecular weight is 194 g/mol. The molecule has 0 unspecified atom stereocenters. The third-order valence-electron chi connectivity index (χ3n) is 1.98. The Hall–Kier alpha value is -1.84. The monoisotopic (exact) mass is 194 g/mol. The second kappa shape index (κ2) is 2.83. The fourth-order valence-corrected chi connectivity index (χ4v) is 1.39. The Morgan fingerprint density at radius 1 is 1.43 bits per heavy atom. The molecule has 3 nitrogen and oxygen atoms in total. The van der Waals surface area contributed by atoms with Gasteiger partial charge < -0.3 is 9.52 Å². The van der Waals surface area contributed by atoms with Gasteiger partial charge in [-0.05, 0) is 30.7 Å². The predicted octanol–water partition coefficient (Wildman–Crippen LogP) is 2.58. The van der Waals surface area contributed by atoms with Gasteiger partial charge in [0.1, 0.15) is 11.4 Å². The molecule has 0 saturated heterocycles. The molecule has 0 amide bonds. The molecule has 2 aromatic rings. The van der Waals surface area contributed by atoms with Crippen LogP contribution in [0.1, 0.15) is 16.1 Å². The van der Waals surface area contributed by atoms with Crippen LogP contribution < -0.4 is 0 Å². The molecule has 1 aromatic heterocycles. The summed E-state index contributed by atoms with van der Waals surface area (Å²) in [4.78, 5) is 10.6. The first-order valence-electron chi connectivity index (χ1n) is 4.01. The summed E-state index contributed by atoms with van der Waals surface area (Å²) in [5, 5.41) is 9.13. The first kappa shape index (κ1) is 8.74. The van der Waals surface area contributed by atoms with E-state index in [-0.39, 0.29) is 5.76 Å². The SMILES string of the molecule is Cc1cc(F)cc2cc(C(=O)O)oc12. The number of carbonyl (C=O) groups is 1. The van der Waals surface area contributed by atoms with E-state index in [0.717, 1.165) is 0 Å². The van der Waals surface area contributed by atoms with Crippen LogP contribution in [0.4, 0.5) is 4.39 Å². The summed E-state index contributed by atoms with van der Waals surface area (Å²) in [6, 6.07) is 3.86. The summed E-state index contributed by atoms with van der Waals surface area (Å²) in [5.74, 6) is -1.72. The van der Waals surface area contributed by atoms with Crippen molar-refractivity contribution in [2.24, 2.45) is 0 Å². The lowest BCUT2D eigenvalue weighted by atomic mass is 10.2. The van der Waals surface area contributed by atoms with Crippen molar-refractivity contribution in [3.8, 4) is 0 Å². The molecule has 2 rings (SSSR count). The van der Waals surface area contributed by atoms with Gasteiger partial charge in [0, 0.05) is 5.39 Å². The van der Waals surface area contributed by atoms with E-state index >= 15 is 0 Å². The molecule has 0 aliphatic carbocycles. The van der Waals surface area contributed by atoms with Crippen LogP contribution in [0.25, 0.3) is 11.0 Å². The minimum absolute atomic E-state index is 0.172. The first-order chi connectivity index (χ1) is 6.58. The van der Waals surface area contributed by atoms with E-state index in [0.29, 0.717) is 16.5 Å². The van der Waals surface area contributed by atoms with Crippen molar-refractivity contribution in [3.63, 3.8) is 0 Å². The van der Waals surface area contributed by atoms with Crippen LogP contribution in [0.15, 0.2) is 22.6 Å². The molecule has 14 heavy (non-hydrogen) atoms. The van der Waals surface area contributed by atoms with Gasteiger partial charge in [-0.1, -0.05) is 0 Å². The molecule has 1 N–H and O–H groups in total. The molecule has 1 aromatic carbocycles. The number of benzene rings is 1. The number of aromatic carboxylic acids is 1. The Balaban J connectivity index is 2.76. The van der Waals surface area contributed by atoms with E-state index < -0.39 is 11.8 Å². The number of hydrogen-bond acceptors (Lipinski definition) is 2. The van der Waals surface area contributed by atoms with Gasteiger partial charge in [0.25, 0.3) is 0 Å². The second-order valence-electron chi connectivity index (χ2n) is 3.06. The lowest BCUT2D eigenvalue weighted by Gasteiger charge is -1.93. The number of hydrogen-bond donors (Lipinski definition) is 1. The highest BCUT2D eigenvalue weighted by atomic mass is 19.1. The van der Waals surface area contributed by atoms with Gasteiger partial charge in [0.2, 0.25) is 5.76 Å². The highest BCUT2D eigenvalue weighted by Crippen LogP contribution is 2.23. The van der Waals surface area contributed by atoms with E-state index in [1.165, 1.54) is 18.2 Å². The maximum Gasteiger partial charge on any atom is 0.371 e. The summed E-state index contributed by atoms with van der Waals surface area (Å²) in [6.45, 7) is 1.67. The Bertz CT molecular complexity index is 513. The second-order valence-corrected chi connectivity index (χ2v) is 3.06. The molecule has 72 valence electrons. The Labute approximate surface area is 78.8 Å². The predicted molar refractivity (Wildman–Crippen MR) is 47.9 cm³/mol. The van der Waals surface area contributed by atoms with E-state index in [2.05, 4.69) is 0 Å². The highest BCUT2D eigenvalue weighted by Gasteiger charge is 2.12. The number of halogens is 1. The van der Waals surface area contributed by atoms with Crippen LogP contribution in [0.3, 0.4) is 0 Å². The topological polar surface area (TPSA) is 50.4 Å². The molecular weight excluding hydrogens is 187 g/mol. The average Bonchev–Trinajstić information content (AvgIpc) is 2.47. The molecule has 0 fully saturated rings. The molecule has 0 saturated carbocycles. The van der Waals surface area contributed by atoms with Gasteiger partial charge in [-0.2, -0.15) is 0 Å². The summed E-state index contributed by atoms with van der Waals surface area (Å²) >= 11 is 0. The van der Waals surface area contributed by atoms with Crippen LogP contribution in [0.5, 0.6) is 0 Å². The number of aryl methyl sites for hydroxylation is 1. The number of carboxylic acid groups (broad SMARTS) is 1. The zero-order valence-corrected chi connectivity index (χ0v) is 7.37. The fraction of sp³-hybridized carbons (Fsp3) is 0.100. The Kier molecular flexibility index (Phi) is 1.77. The van der Waals surface area contributed by atoms with Gasteiger partial charge in [-0.3, -0.25) is 0 Å². The van der Waals surface area contributed by atoms with Crippen molar-refractivity contribution in [2.45, 2.75) is 6.92 Å². The molecule has 0 atom stereocenters. The zero-order chi connectivity index (χ0) is 10.3. The van der Waals surface area contributed by atoms with Gasteiger partial charge in [0.05, 0.1) is 0 Å². The number of furan rings is 1. The van der Waals surface area contributed by atoms with Crippen molar-refractivity contribution >= 4 is 16.9 Å². The quantitative estimate of drug-likeness (QED) is 0.758. The lowest BCUT2D eigenvalue weighted by Crippen LogP contribution is -1.91. The van der Waals surface area contributed by atoms with Crippen LogP contribution >= 0.6 is 0 Å². The van der Waals surface area contributed by atoms with Crippen LogP contribution in [0.2, 0.25) is 0 Å².